The molecule has 0 aromatic rings. The number of urea groups is 1. The minimum absolute atomic E-state index is 0.0345. The van der Waals surface area contributed by atoms with Crippen LogP contribution in [-0.4, -0.2) is 43.0 Å². The van der Waals surface area contributed by atoms with E-state index < -0.39 is 0 Å². The van der Waals surface area contributed by atoms with Crippen LogP contribution in [0.1, 0.15) is 39.0 Å². The summed E-state index contributed by atoms with van der Waals surface area (Å²) in [6.45, 7) is 2.10. The largest absolute Gasteiger partial charge is 0.343 e. The molecule has 112 valence electrons. The van der Waals surface area contributed by atoms with Gasteiger partial charge in [-0.1, -0.05) is 19.3 Å². The molecule has 1 saturated carbocycles. The highest BCUT2D eigenvalue weighted by atomic mass is 16.2. The quantitative estimate of drug-likeness (QED) is 0.794. The molecule has 20 heavy (non-hydrogen) atoms. The van der Waals surface area contributed by atoms with Crippen molar-refractivity contribution in [1.29, 1.82) is 5.26 Å². The molecule has 1 aliphatic carbocycles. The van der Waals surface area contributed by atoms with E-state index in [9.17, 15) is 9.59 Å². The second-order valence-corrected chi connectivity index (χ2v) is 5.47. The molecule has 0 spiro atoms. The lowest BCUT2D eigenvalue weighted by Gasteiger charge is -2.23. The lowest BCUT2D eigenvalue weighted by Crippen LogP contribution is -2.46. The first-order valence-corrected chi connectivity index (χ1v) is 7.21. The second kappa shape index (κ2) is 8.41. The van der Waals surface area contributed by atoms with E-state index >= 15 is 0 Å². The second-order valence-electron chi connectivity index (χ2n) is 5.47. The number of nitrogens with zero attached hydrogens (tertiary/aromatic N) is 2. The van der Waals surface area contributed by atoms with Crippen molar-refractivity contribution in [1.82, 2.24) is 15.5 Å². The number of likely N-dealkylation sites (N-methyl/N-ethyl adjacent to an activating group) is 1. The third-order valence-corrected chi connectivity index (χ3v) is 3.53. The first-order chi connectivity index (χ1) is 9.52. The zero-order valence-electron chi connectivity index (χ0n) is 12.3. The fourth-order valence-corrected chi connectivity index (χ4v) is 2.33. The SMILES string of the molecule is CC(C#N)CN(C)C(=O)CNC(=O)NC1CCCCC1. The third kappa shape index (κ3) is 5.91. The number of rotatable bonds is 5. The van der Waals surface area contributed by atoms with Gasteiger partial charge in [0.05, 0.1) is 18.5 Å². The van der Waals surface area contributed by atoms with Crippen LogP contribution in [0.4, 0.5) is 4.79 Å². The molecule has 0 bridgehead atoms. The maximum Gasteiger partial charge on any atom is 0.315 e. The van der Waals surface area contributed by atoms with Crippen molar-refractivity contribution in [2.75, 3.05) is 20.1 Å². The summed E-state index contributed by atoms with van der Waals surface area (Å²) in [6, 6.07) is 2.02. The molecule has 0 saturated heterocycles. The summed E-state index contributed by atoms with van der Waals surface area (Å²) >= 11 is 0. The van der Waals surface area contributed by atoms with E-state index in [1.807, 2.05) is 0 Å². The summed E-state index contributed by atoms with van der Waals surface area (Å²) in [5.74, 6) is -0.397. The maximum absolute atomic E-state index is 11.8. The van der Waals surface area contributed by atoms with E-state index in [2.05, 4.69) is 16.7 Å². The van der Waals surface area contributed by atoms with Gasteiger partial charge in [0.2, 0.25) is 5.91 Å². The summed E-state index contributed by atoms with van der Waals surface area (Å²) in [5, 5.41) is 14.2. The van der Waals surface area contributed by atoms with Crippen LogP contribution in [0.15, 0.2) is 0 Å². The van der Waals surface area contributed by atoms with Crippen molar-refractivity contribution < 1.29 is 9.59 Å². The fraction of sp³-hybridized carbons (Fsp3) is 0.786. The molecule has 2 N–H and O–H groups in total. The van der Waals surface area contributed by atoms with E-state index in [1.165, 1.54) is 11.3 Å². The molecule has 6 nitrogen and oxygen atoms in total. The molecule has 1 unspecified atom stereocenters. The van der Waals surface area contributed by atoms with E-state index in [0.29, 0.717) is 6.54 Å². The number of amides is 3. The highest BCUT2D eigenvalue weighted by molar-refractivity contribution is 5.83. The van der Waals surface area contributed by atoms with Gasteiger partial charge in [0.1, 0.15) is 0 Å². The Morgan fingerprint density at radius 3 is 2.60 bits per heavy atom. The topological polar surface area (TPSA) is 85.2 Å². The van der Waals surface area contributed by atoms with Crippen LogP contribution in [0.3, 0.4) is 0 Å². The summed E-state index contributed by atoms with van der Waals surface area (Å²) in [5.41, 5.74) is 0. The molecule has 1 aliphatic rings. The van der Waals surface area contributed by atoms with Gasteiger partial charge in [-0.2, -0.15) is 5.26 Å². The predicted molar refractivity (Wildman–Crippen MR) is 75.8 cm³/mol. The molecule has 1 atom stereocenters. The van der Waals surface area contributed by atoms with Crippen molar-refractivity contribution in [2.45, 2.75) is 45.1 Å². The number of carbonyl (C=O) groups is 2. The number of nitrogens with one attached hydrogen (secondary N) is 2. The van der Waals surface area contributed by atoms with Gasteiger partial charge in [-0.15, -0.1) is 0 Å². The minimum atomic E-state index is -0.285. The Morgan fingerprint density at radius 2 is 2.00 bits per heavy atom. The van der Waals surface area contributed by atoms with Crippen molar-refractivity contribution >= 4 is 11.9 Å². The first-order valence-electron chi connectivity index (χ1n) is 7.21. The lowest BCUT2D eigenvalue weighted by atomic mass is 9.96. The Morgan fingerprint density at radius 1 is 1.35 bits per heavy atom. The molecule has 0 aliphatic heterocycles. The number of nitriles is 1. The normalized spacial score (nSPS) is 16.9. The highest BCUT2D eigenvalue weighted by Gasteiger charge is 2.17. The molecular weight excluding hydrogens is 256 g/mol. The Hall–Kier alpha value is -1.77. The molecule has 0 aromatic heterocycles. The Bertz CT molecular complexity index is 372. The Kier molecular flexibility index (Phi) is 6.85. The first kappa shape index (κ1) is 16.3. The summed E-state index contributed by atoms with van der Waals surface area (Å²) in [6.07, 6.45) is 5.57. The monoisotopic (exact) mass is 280 g/mol. The molecule has 1 rings (SSSR count). The third-order valence-electron chi connectivity index (χ3n) is 3.53. The van der Waals surface area contributed by atoms with E-state index in [-0.39, 0.29) is 30.4 Å². The van der Waals surface area contributed by atoms with Gasteiger partial charge in [-0.25, -0.2) is 4.79 Å². The van der Waals surface area contributed by atoms with Crippen LogP contribution in [0, 0.1) is 17.2 Å². The van der Waals surface area contributed by atoms with Gasteiger partial charge < -0.3 is 15.5 Å². The molecule has 3 amide bonds. The van der Waals surface area contributed by atoms with E-state index in [1.54, 1.807) is 14.0 Å². The van der Waals surface area contributed by atoms with Gasteiger partial charge in [0.15, 0.2) is 0 Å². The highest BCUT2D eigenvalue weighted by Crippen LogP contribution is 2.17. The number of hydrogen-bond donors (Lipinski definition) is 2. The molecular formula is C14H24N4O2. The average molecular weight is 280 g/mol. The predicted octanol–water partition coefficient (Wildman–Crippen LogP) is 1.24. The standard InChI is InChI=1S/C14H24N4O2/c1-11(8-15)10-18(2)13(19)9-16-14(20)17-12-6-4-3-5-7-12/h11-12H,3-7,9-10H2,1-2H3,(H2,16,17,20). The molecule has 0 aromatic carbocycles. The van der Waals surface area contributed by atoms with Gasteiger partial charge >= 0.3 is 6.03 Å². The number of hydrogen-bond acceptors (Lipinski definition) is 3. The van der Waals surface area contributed by atoms with Gasteiger partial charge in [0, 0.05) is 19.6 Å². The average Bonchev–Trinajstić information content (AvgIpc) is 2.45. The van der Waals surface area contributed by atoms with Crippen molar-refractivity contribution in [3.05, 3.63) is 0 Å². The Labute approximate surface area is 120 Å². The van der Waals surface area contributed by atoms with Crippen LogP contribution in [-0.2, 0) is 4.79 Å². The van der Waals surface area contributed by atoms with Gasteiger partial charge in [-0.05, 0) is 19.8 Å². The van der Waals surface area contributed by atoms with Crippen molar-refractivity contribution in [3.8, 4) is 6.07 Å². The van der Waals surface area contributed by atoms with E-state index in [4.69, 9.17) is 5.26 Å². The van der Waals surface area contributed by atoms with Crippen LogP contribution < -0.4 is 10.6 Å². The molecule has 6 heteroatoms. The van der Waals surface area contributed by atoms with Gasteiger partial charge in [0.25, 0.3) is 0 Å². The zero-order valence-corrected chi connectivity index (χ0v) is 12.3. The fourth-order valence-electron chi connectivity index (χ4n) is 2.33. The van der Waals surface area contributed by atoms with Crippen LogP contribution in [0.5, 0.6) is 0 Å². The van der Waals surface area contributed by atoms with Crippen LogP contribution in [0.25, 0.3) is 0 Å². The molecule has 0 radical (unpaired) electrons. The number of carbonyl (C=O) groups excluding carboxylic acids is 2. The minimum Gasteiger partial charge on any atom is -0.343 e. The van der Waals surface area contributed by atoms with E-state index in [0.717, 1.165) is 25.7 Å². The smallest absolute Gasteiger partial charge is 0.315 e. The summed E-state index contributed by atoms with van der Waals surface area (Å²) in [7, 11) is 1.64. The molecule has 0 heterocycles. The summed E-state index contributed by atoms with van der Waals surface area (Å²) in [4.78, 5) is 24.9. The van der Waals surface area contributed by atoms with Crippen LogP contribution in [0.2, 0.25) is 0 Å². The van der Waals surface area contributed by atoms with Crippen molar-refractivity contribution in [2.24, 2.45) is 5.92 Å². The summed E-state index contributed by atoms with van der Waals surface area (Å²) < 4.78 is 0. The zero-order chi connectivity index (χ0) is 15.0. The van der Waals surface area contributed by atoms with Gasteiger partial charge in [-0.3, -0.25) is 4.79 Å². The Balaban J connectivity index is 2.22. The molecule has 1 fully saturated rings. The van der Waals surface area contributed by atoms with Crippen LogP contribution >= 0.6 is 0 Å². The van der Waals surface area contributed by atoms with Crippen molar-refractivity contribution in [3.63, 3.8) is 0 Å². The lowest BCUT2D eigenvalue weighted by molar-refractivity contribution is -0.129. The maximum atomic E-state index is 11.8.